The molecule has 78 valence electrons. The first-order valence-electron chi connectivity index (χ1n) is 4.19. The van der Waals surface area contributed by atoms with Gasteiger partial charge in [0.15, 0.2) is 4.77 Å². The molecule has 0 saturated carbocycles. The van der Waals surface area contributed by atoms with Crippen molar-refractivity contribution in [2.45, 2.75) is 6.54 Å². The molecule has 1 N–H and O–H groups in total. The van der Waals surface area contributed by atoms with Crippen LogP contribution >= 0.6 is 39.5 Å². The van der Waals surface area contributed by atoms with E-state index in [-0.39, 0.29) is 5.56 Å². The van der Waals surface area contributed by atoms with Gasteiger partial charge in [0, 0.05) is 17.1 Å². The van der Waals surface area contributed by atoms with Gasteiger partial charge in [0.25, 0.3) is 5.56 Å². The van der Waals surface area contributed by atoms with E-state index in [1.807, 2.05) is 16.7 Å². The number of nitrogens with one attached hydrogen (secondary N) is 1. The Morgan fingerprint density at radius 3 is 2.87 bits per heavy atom. The van der Waals surface area contributed by atoms with Crippen molar-refractivity contribution in [1.82, 2.24) is 9.55 Å². The van der Waals surface area contributed by atoms with Gasteiger partial charge < -0.3 is 4.57 Å². The number of aromatic amines is 1. The summed E-state index contributed by atoms with van der Waals surface area (Å²) in [7, 11) is 0. The van der Waals surface area contributed by atoms with Crippen molar-refractivity contribution in [1.29, 1.82) is 0 Å². The van der Waals surface area contributed by atoms with Gasteiger partial charge in [-0.1, -0.05) is 0 Å². The van der Waals surface area contributed by atoms with E-state index in [1.54, 1.807) is 17.5 Å². The SMILES string of the molecule is O=c1ccn(Cc2ccc(Br)s2)c(=S)[nH]1. The van der Waals surface area contributed by atoms with E-state index in [0.717, 1.165) is 3.79 Å². The van der Waals surface area contributed by atoms with E-state index in [1.165, 1.54) is 10.9 Å². The molecule has 15 heavy (non-hydrogen) atoms. The van der Waals surface area contributed by atoms with Gasteiger partial charge in [-0.15, -0.1) is 11.3 Å². The van der Waals surface area contributed by atoms with Crippen molar-refractivity contribution in [3.05, 3.63) is 48.2 Å². The van der Waals surface area contributed by atoms with Crippen LogP contribution in [0.3, 0.4) is 0 Å². The average molecular weight is 303 g/mol. The van der Waals surface area contributed by atoms with Crippen LogP contribution in [-0.4, -0.2) is 9.55 Å². The van der Waals surface area contributed by atoms with Crippen LogP contribution in [0.25, 0.3) is 0 Å². The normalized spacial score (nSPS) is 10.5. The number of hydrogen-bond donors (Lipinski definition) is 1. The Balaban J connectivity index is 2.32. The molecule has 0 atom stereocenters. The molecule has 0 bridgehead atoms. The van der Waals surface area contributed by atoms with E-state index in [9.17, 15) is 4.79 Å². The summed E-state index contributed by atoms with van der Waals surface area (Å²) in [5.41, 5.74) is -0.163. The highest BCUT2D eigenvalue weighted by Crippen LogP contribution is 2.22. The minimum absolute atomic E-state index is 0.163. The van der Waals surface area contributed by atoms with Crippen molar-refractivity contribution in [2.75, 3.05) is 0 Å². The van der Waals surface area contributed by atoms with Gasteiger partial charge in [-0.25, -0.2) is 0 Å². The standard InChI is InChI=1S/C9H7BrN2OS2/c10-7-2-1-6(15-7)5-12-4-3-8(13)11-9(12)14/h1-4H,5H2,(H,11,13,14). The predicted octanol–water partition coefficient (Wildman–Crippen LogP) is 2.78. The monoisotopic (exact) mass is 302 g/mol. The number of H-pyrrole nitrogens is 1. The first-order chi connectivity index (χ1) is 7.15. The van der Waals surface area contributed by atoms with E-state index in [0.29, 0.717) is 11.3 Å². The third kappa shape index (κ3) is 2.64. The van der Waals surface area contributed by atoms with Crippen LogP contribution in [0.15, 0.2) is 33.0 Å². The fraction of sp³-hybridized carbons (Fsp3) is 0.111. The quantitative estimate of drug-likeness (QED) is 0.866. The van der Waals surface area contributed by atoms with E-state index < -0.39 is 0 Å². The van der Waals surface area contributed by atoms with Crippen molar-refractivity contribution in [2.24, 2.45) is 0 Å². The lowest BCUT2D eigenvalue weighted by Crippen LogP contribution is -2.11. The number of hydrogen-bond acceptors (Lipinski definition) is 3. The van der Waals surface area contributed by atoms with Crippen molar-refractivity contribution in [3.8, 4) is 0 Å². The zero-order valence-electron chi connectivity index (χ0n) is 7.57. The Morgan fingerprint density at radius 2 is 2.27 bits per heavy atom. The first kappa shape index (κ1) is 10.8. The lowest BCUT2D eigenvalue weighted by molar-refractivity contribution is 0.754. The Hall–Kier alpha value is -0.720. The largest absolute Gasteiger partial charge is 0.320 e. The summed E-state index contributed by atoms with van der Waals surface area (Å²) >= 11 is 10.1. The van der Waals surface area contributed by atoms with Gasteiger partial charge in [0.05, 0.1) is 10.3 Å². The Bertz CT molecular complexity index is 584. The molecule has 0 radical (unpaired) electrons. The number of thiophene rings is 1. The lowest BCUT2D eigenvalue weighted by atomic mass is 10.4. The molecule has 3 nitrogen and oxygen atoms in total. The second-order valence-electron chi connectivity index (χ2n) is 2.94. The molecule has 0 fully saturated rings. The zero-order valence-corrected chi connectivity index (χ0v) is 10.8. The summed E-state index contributed by atoms with van der Waals surface area (Å²) < 4.78 is 3.37. The zero-order chi connectivity index (χ0) is 10.8. The van der Waals surface area contributed by atoms with Crippen molar-refractivity contribution < 1.29 is 0 Å². The number of rotatable bonds is 2. The summed E-state index contributed by atoms with van der Waals surface area (Å²) in [4.78, 5) is 14.7. The van der Waals surface area contributed by atoms with Gasteiger partial charge in [-0.3, -0.25) is 9.78 Å². The molecule has 2 aromatic rings. The molecule has 0 amide bonds. The molecule has 6 heteroatoms. The molecule has 2 aromatic heterocycles. The third-order valence-electron chi connectivity index (χ3n) is 1.85. The predicted molar refractivity (Wildman–Crippen MR) is 67.0 cm³/mol. The Kier molecular flexibility index (Phi) is 3.18. The Morgan fingerprint density at radius 1 is 1.47 bits per heavy atom. The summed E-state index contributed by atoms with van der Waals surface area (Å²) in [6.45, 7) is 0.686. The van der Waals surface area contributed by atoms with Crippen molar-refractivity contribution >= 4 is 39.5 Å². The van der Waals surface area contributed by atoms with Crippen molar-refractivity contribution in [3.63, 3.8) is 0 Å². The molecular weight excluding hydrogens is 296 g/mol. The summed E-state index contributed by atoms with van der Waals surface area (Å²) in [5.74, 6) is 0. The average Bonchev–Trinajstić information content (AvgIpc) is 2.56. The maximum Gasteiger partial charge on any atom is 0.251 e. The highest BCUT2D eigenvalue weighted by molar-refractivity contribution is 9.11. The fourth-order valence-corrected chi connectivity index (χ4v) is 2.88. The molecule has 0 aliphatic rings. The van der Waals surface area contributed by atoms with Gasteiger partial charge in [-0.2, -0.15) is 0 Å². The fourth-order valence-electron chi connectivity index (χ4n) is 1.17. The van der Waals surface area contributed by atoms with Crippen LogP contribution in [0, 0.1) is 4.77 Å². The first-order valence-corrected chi connectivity index (χ1v) is 6.21. The number of aromatic nitrogens is 2. The lowest BCUT2D eigenvalue weighted by Gasteiger charge is -2.02. The van der Waals surface area contributed by atoms with Crippen LogP contribution in [0.1, 0.15) is 4.88 Å². The summed E-state index contributed by atoms with van der Waals surface area (Å²) in [5, 5.41) is 0. The van der Waals surface area contributed by atoms with E-state index in [4.69, 9.17) is 12.2 Å². The van der Waals surface area contributed by atoms with E-state index >= 15 is 0 Å². The van der Waals surface area contributed by atoms with E-state index in [2.05, 4.69) is 20.9 Å². The number of nitrogens with zero attached hydrogens (tertiary/aromatic N) is 1. The maximum atomic E-state index is 11.0. The second kappa shape index (κ2) is 4.42. The molecule has 2 rings (SSSR count). The molecule has 0 aliphatic heterocycles. The van der Waals surface area contributed by atoms with Crippen LogP contribution < -0.4 is 5.56 Å². The third-order valence-corrected chi connectivity index (χ3v) is 3.80. The van der Waals surface area contributed by atoms with Crippen LogP contribution in [-0.2, 0) is 6.54 Å². The molecule has 0 aromatic carbocycles. The molecule has 2 heterocycles. The highest BCUT2D eigenvalue weighted by Gasteiger charge is 1.99. The Labute approximate surface area is 104 Å². The van der Waals surface area contributed by atoms with Crippen LogP contribution in [0.2, 0.25) is 0 Å². The smallest absolute Gasteiger partial charge is 0.251 e. The summed E-state index contributed by atoms with van der Waals surface area (Å²) in [6.07, 6.45) is 1.70. The second-order valence-corrected chi connectivity index (χ2v) is 5.88. The minimum atomic E-state index is -0.163. The van der Waals surface area contributed by atoms with Gasteiger partial charge in [-0.05, 0) is 40.3 Å². The maximum absolute atomic E-state index is 11.0. The highest BCUT2D eigenvalue weighted by atomic mass is 79.9. The molecule has 0 spiro atoms. The van der Waals surface area contributed by atoms with Gasteiger partial charge >= 0.3 is 0 Å². The van der Waals surface area contributed by atoms with Crippen LogP contribution in [0.5, 0.6) is 0 Å². The minimum Gasteiger partial charge on any atom is -0.320 e. The molecule has 0 aliphatic carbocycles. The summed E-state index contributed by atoms with van der Waals surface area (Å²) in [6, 6.07) is 5.50. The molecule has 0 unspecified atom stereocenters. The van der Waals surface area contributed by atoms with Gasteiger partial charge in [0.2, 0.25) is 0 Å². The topological polar surface area (TPSA) is 37.8 Å². The number of halogens is 1. The van der Waals surface area contributed by atoms with Crippen LogP contribution in [0.4, 0.5) is 0 Å². The van der Waals surface area contributed by atoms with Gasteiger partial charge in [0.1, 0.15) is 0 Å². The molecular formula is C9H7BrN2OS2. The molecule has 0 saturated heterocycles.